The first-order valence-corrected chi connectivity index (χ1v) is 9.55. The standard InChI is InChI=1S/C19H32N4O2/c1-18(2,3)25-17(24)23-11-6-15(19(14-23)7-4-5-8-19)12-20-13-16-21-9-10-22-16/h9-10,15,20H,4-8,11-14H2,1-3H3,(H,21,22). The molecule has 2 aliphatic rings. The van der Waals surface area contributed by atoms with Crippen molar-refractivity contribution < 1.29 is 9.53 Å². The number of nitrogens with one attached hydrogen (secondary N) is 2. The van der Waals surface area contributed by atoms with Crippen molar-refractivity contribution in [3.05, 3.63) is 18.2 Å². The van der Waals surface area contributed by atoms with E-state index in [0.717, 1.165) is 38.4 Å². The third-order valence-corrected chi connectivity index (χ3v) is 5.61. The lowest BCUT2D eigenvalue weighted by molar-refractivity contribution is -0.0120. The van der Waals surface area contributed by atoms with Gasteiger partial charge in [0, 0.05) is 25.5 Å². The van der Waals surface area contributed by atoms with Crippen molar-refractivity contribution in [2.45, 2.75) is 65.0 Å². The van der Waals surface area contributed by atoms with Crippen LogP contribution in [-0.4, -0.2) is 46.2 Å². The highest BCUT2D eigenvalue weighted by Gasteiger charge is 2.46. The average Bonchev–Trinajstić information content (AvgIpc) is 3.20. The van der Waals surface area contributed by atoms with Gasteiger partial charge in [-0.3, -0.25) is 0 Å². The highest BCUT2D eigenvalue weighted by Crippen LogP contribution is 2.48. The van der Waals surface area contributed by atoms with Gasteiger partial charge in [-0.1, -0.05) is 12.8 Å². The van der Waals surface area contributed by atoms with Crippen LogP contribution in [0, 0.1) is 11.3 Å². The third-order valence-electron chi connectivity index (χ3n) is 5.61. The van der Waals surface area contributed by atoms with Crippen molar-refractivity contribution in [3.8, 4) is 0 Å². The van der Waals surface area contributed by atoms with Crippen molar-refractivity contribution in [2.75, 3.05) is 19.6 Å². The molecule has 1 saturated heterocycles. The van der Waals surface area contributed by atoms with Crippen LogP contribution in [0.5, 0.6) is 0 Å². The molecule has 6 nitrogen and oxygen atoms in total. The zero-order valence-electron chi connectivity index (χ0n) is 15.8. The lowest BCUT2D eigenvalue weighted by Gasteiger charge is -2.46. The summed E-state index contributed by atoms with van der Waals surface area (Å²) in [4.78, 5) is 21.9. The normalized spacial score (nSPS) is 23.2. The lowest BCUT2D eigenvalue weighted by Crippen LogP contribution is -2.53. The Labute approximate surface area is 150 Å². The number of aromatic nitrogens is 2. The van der Waals surface area contributed by atoms with Crippen molar-refractivity contribution in [1.29, 1.82) is 0 Å². The van der Waals surface area contributed by atoms with E-state index in [1.165, 1.54) is 25.7 Å². The van der Waals surface area contributed by atoms with Gasteiger partial charge in [-0.25, -0.2) is 9.78 Å². The number of rotatable bonds is 4. The zero-order valence-corrected chi connectivity index (χ0v) is 15.8. The van der Waals surface area contributed by atoms with Crippen LogP contribution in [0.3, 0.4) is 0 Å². The second-order valence-corrected chi connectivity index (χ2v) is 8.62. The SMILES string of the molecule is CC(C)(C)OC(=O)N1CCC(CNCc2ncc[nH]2)C2(CCCC2)C1. The van der Waals surface area contributed by atoms with Crippen molar-refractivity contribution in [3.63, 3.8) is 0 Å². The Bertz CT molecular complexity index is 558. The van der Waals surface area contributed by atoms with Gasteiger partial charge in [0.25, 0.3) is 0 Å². The molecule has 2 fully saturated rings. The lowest BCUT2D eigenvalue weighted by atomic mass is 9.69. The fourth-order valence-corrected chi connectivity index (χ4v) is 4.41. The summed E-state index contributed by atoms with van der Waals surface area (Å²) in [5, 5.41) is 3.56. The van der Waals surface area contributed by atoms with E-state index < -0.39 is 5.60 Å². The van der Waals surface area contributed by atoms with E-state index >= 15 is 0 Å². The highest BCUT2D eigenvalue weighted by atomic mass is 16.6. The van der Waals surface area contributed by atoms with Gasteiger partial charge >= 0.3 is 6.09 Å². The van der Waals surface area contributed by atoms with Crippen LogP contribution in [0.4, 0.5) is 4.79 Å². The van der Waals surface area contributed by atoms with Crippen molar-refractivity contribution in [2.24, 2.45) is 11.3 Å². The molecule has 1 atom stereocenters. The molecule has 1 aliphatic carbocycles. The van der Waals surface area contributed by atoms with Gasteiger partial charge < -0.3 is 19.9 Å². The Kier molecular flexibility index (Phi) is 5.37. The number of piperidine rings is 1. The topological polar surface area (TPSA) is 70.2 Å². The summed E-state index contributed by atoms with van der Waals surface area (Å²) in [6, 6.07) is 0. The number of hydrogen-bond acceptors (Lipinski definition) is 4. The summed E-state index contributed by atoms with van der Waals surface area (Å²) in [7, 11) is 0. The predicted octanol–water partition coefficient (Wildman–Crippen LogP) is 3.32. The van der Waals surface area contributed by atoms with Gasteiger partial charge in [-0.05, 0) is 57.9 Å². The highest BCUT2D eigenvalue weighted by molar-refractivity contribution is 5.68. The molecule has 1 unspecified atom stereocenters. The Morgan fingerprint density at radius 1 is 1.44 bits per heavy atom. The van der Waals surface area contributed by atoms with E-state index in [9.17, 15) is 4.79 Å². The van der Waals surface area contributed by atoms with E-state index in [4.69, 9.17) is 4.74 Å². The molecule has 1 aliphatic heterocycles. The third kappa shape index (κ3) is 4.54. The minimum atomic E-state index is -0.429. The maximum Gasteiger partial charge on any atom is 0.410 e. The average molecular weight is 348 g/mol. The molecule has 0 aromatic carbocycles. The fraction of sp³-hybridized carbons (Fsp3) is 0.789. The molecular formula is C19H32N4O2. The predicted molar refractivity (Wildman–Crippen MR) is 97.1 cm³/mol. The molecule has 1 spiro atoms. The monoisotopic (exact) mass is 348 g/mol. The smallest absolute Gasteiger partial charge is 0.410 e. The van der Waals surface area contributed by atoms with Crippen LogP contribution < -0.4 is 5.32 Å². The minimum Gasteiger partial charge on any atom is -0.444 e. The molecular weight excluding hydrogens is 316 g/mol. The van der Waals surface area contributed by atoms with E-state index in [2.05, 4.69) is 15.3 Å². The maximum atomic E-state index is 12.5. The van der Waals surface area contributed by atoms with Crippen LogP contribution in [0.25, 0.3) is 0 Å². The number of H-pyrrole nitrogens is 1. The van der Waals surface area contributed by atoms with Gasteiger partial charge in [0.2, 0.25) is 0 Å². The summed E-state index contributed by atoms with van der Waals surface area (Å²) < 4.78 is 5.60. The van der Waals surface area contributed by atoms with Gasteiger partial charge in [0.1, 0.15) is 11.4 Å². The van der Waals surface area contributed by atoms with E-state index in [1.54, 1.807) is 6.20 Å². The quantitative estimate of drug-likeness (QED) is 0.876. The number of carbonyl (C=O) groups excluding carboxylic acids is 1. The number of hydrogen-bond donors (Lipinski definition) is 2. The Morgan fingerprint density at radius 2 is 2.20 bits per heavy atom. The summed E-state index contributed by atoms with van der Waals surface area (Å²) in [5.41, 5.74) is -0.174. The Hall–Kier alpha value is -1.56. The second kappa shape index (κ2) is 7.36. The molecule has 0 bridgehead atoms. The van der Waals surface area contributed by atoms with Crippen LogP contribution in [-0.2, 0) is 11.3 Å². The Balaban J connectivity index is 1.59. The minimum absolute atomic E-state index is 0.152. The molecule has 0 radical (unpaired) electrons. The molecule has 2 N–H and O–H groups in total. The first kappa shape index (κ1) is 18.2. The molecule has 3 rings (SSSR count). The molecule has 1 saturated carbocycles. The number of amides is 1. The number of nitrogens with zero attached hydrogens (tertiary/aromatic N) is 2. The summed E-state index contributed by atoms with van der Waals surface area (Å²) in [6.07, 6.45) is 9.53. The second-order valence-electron chi connectivity index (χ2n) is 8.62. The number of likely N-dealkylation sites (tertiary alicyclic amines) is 1. The molecule has 6 heteroatoms. The van der Waals surface area contributed by atoms with Crippen LogP contribution in [0.2, 0.25) is 0 Å². The van der Waals surface area contributed by atoms with Gasteiger partial charge in [-0.15, -0.1) is 0 Å². The first-order valence-electron chi connectivity index (χ1n) is 9.55. The van der Waals surface area contributed by atoms with E-state index in [-0.39, 0.29) is 11.5 Å². The Morgan fingerprint density at radius 3 is 2.84 bits per heavy atom. The fourth-order valence-electron chi connectivity index (χ4n) is 4.41. The summed E-state index contributed by atoms with van der Waals surface area (Å²) in [6.45, 7) is 9.20. The van der Waals surface area contributed by atoms with Gasteiger partial charge in [0.15, 0.2) is 0 Å². The van der Waals surface area contributed by atoms with Crippen LogP contribution >= 0.6 is 0 Å². The molecule has 2 heterocycles. The van der Waals surface area contributed by atoms with Gasteiger partial charge in [-0.2, -0.15) is 0 Å². The number of ether oxygens (including phenoxy) is 1. The summed E-state index contributed by atoms with van der Waals surface area (Å²) in [5.74, 6) is 1.59. The first-order chi connectivity index (χ1) is 11.9. The van der Waals surface area contributed by atoms with Crippen molar-refractivity contribution >= 4 is 6.09 Å². The molecule has 1 aromatic heterocycles. The summed E-state index contributed by atoms with van der Waals surface area (Å²) >= 11 is 0. The van der Waals surface area contributed by atoms with E-state index in [0.29, 0.717) is 5.92 Å². The molecule has 25 heavy (non-hydrogen) atoms. The zero-order chi connectivity index (χ0) is 17.9. The van der Waals surface area contributed by atoms with Crippen LogP contribution in [0.15, 0.2) is 12.4 Å². The molecule has 1 aromatic rings. The number of aromatic amines is 1. The largest absolute Gasteiger partial charge is 0.444 e. The number of carbonyl (C=O) groups is 1. The van der Waals surface area contributed by atoms with Crippen molar-refractivity contribution in [1.82, 2.24) is 20.2 Å². The maximum absolute atomic E-state index is 12.5. The number of imidazole rings is 1. The van der Waals surface area contributed by atoms with Gasteiger partial charge in [0.05, 0.1) is 6.54 Å². The van der Waals surface area contributed by atoms with Crippen LogP contribution in [0.1, 0.15) is 58.7 Å². The van der Waals surface area contributed by atoms with E-state index in [1.807, 2.05) is 31.9 Å². The molecule has 140 valence electrons. The molecule has 1 amide bonds.